The Hall–Kier alpha value is -2.87. The van der Waals surface area contributed by atoms with Crippen LogP contribution in [-0.2, 0) is 11.4 Å². The number of hydrogen-bond donors (Lipinski definition) is 0. The Kier molecular flexibility index (Phi) is 4.70. The van der Waals surface area contributed by atoms with Crippen LogP contribution in [0.2, 0.25) is 0 Å². The normalized spacial score (nSPS) is 15.9. The zero-order valence-electron chi connectivity index (χ0n) is 16.1. The van der Waals surface area contributed by atoms with E-state index in [1.54, 1.807) is 0 Å². The number of benzene rings is 3. The van der Waals surface area contributed by atoms with Crippen LogP contribution >= 0.6 is 0 Å². The van der Waals surface area contributed by atoms with Gasteiger partial charge in [-0.15, -0.1) is 0 Å². The van der Waals surface area contributed by atoms with Gasteiger partial charge in [0.25, 0.3) is 0 Å². The predicted molar refractivity (Wildman–Crippen MR) is 114 cm³/mol. The van der Waals surface area contributed by atoms with Crippen molar-refractivity contribution in [3.05, 3.63) is 107 Å². The minimum atomic E-state index is 0.488. The fraction of sp³-hybridized carbons (Fsp3) is 0.269. The van der Waals surface area contributed by atoms with Gasteiger partial charge in [0, 0.05) is 11.1 Å². The van der Waals surface area contributed by atoms with Crippen LogP contribution in [0.4, 0.5) is 0 Å². The van der Waals surface area contributed by atoms with Crippen LogP contribution in [0.15, 0.2) is 84.0 Å². The lowest BCUT2D eigenvalue weighted by atomic mass is 9.91. The van der Waals surface area contributed by atoms with Gasteiger partial charge in [0.15, 0.2) is 0 Å². The molecule has 0 aromatic heterocycles. The van der Waals surface area contributed by atoms with Crippen LogP contribution in [0, 0.1) is 0 Å². The van der Waals surface area contributed by atoms with E-state index in [-0.39, 0.29) is 0 Å². The topological polar surface area (TPSA) is 21.6 Å². The maximum Gasteiger partial charge on any atom is 0.142 e. The fourth-order valence-corrected chi connectivity index (χ4v) is 3.92. The van der Waals surface area contributed by atoms with E-state index in [4.69, 9.17) is 9.99 Å². The van der Waals surface area contributed by atoms with Gasteiger partial charge in [0.2, 0.25) is 0 Å². The highest BCUT2D eigenvalue weighted by atomic mass is 16.6. The SMILES string of the molecule is c1ccc(CON=C(c2ccccc2C2CC2)c2ccccc2C2CC2)cc1. The lowest BCUT2D eigenvalue weighted by Gasteiger charge is -2.15. The maximum absolute atomic E-state index is 5.89. The van der Waals surface area contributed by atoms with Gasteiger partial charge < -0.3 is 4.84 Å². The molecule has 0 unspecified atom stereocenters. The highest BCUT2D eigenvalue weighted by Gasteiger charge is 2.31. The summed E-state index contributed by atoms with van der Waals surface area (Å²) in [6.07, 6.45) is 5.11. The zero-order valence-corrected chi connectivity index (χ0v) is 16.1. The van der Waals surface area contributed by atoms with Crippen LogP contribution in [0.25, 0.3) is 0 Å². The monoisotopic (exact) mass is 367 g/mol. The molecule has 28 heavy (non-hydrogen) atoms. The third-order valence-electron chi connectivity index (χ3n) is 5.70. The standard InChI is InChI=1S/C26H25NO/c1-2-8-19(9-3-1)18-28-27-26(24-12-6-4-10-22(24)20-14-15-20)25-13-7-5-11-23(25)21-16-17-21/h1-13,20-21H,14-18H2. The number of hydrogen-bond acceptors (Lipinski definition) is 2. The minimum Gasteiger partial charge on any atom is -0.390 e. The molecule has 2 nitrogen and oxygen atoms in total. The molecule has 0 bridgehead atoms. The van der Waals surface area contributed by atoms with Crippen molar-refractivity contribution >= 4 is 5.71 Å². The molecule has 3 aromatic carbocycles. The summed E-state index contributed by atoms with van der Waals surface area (Å²) in [7, 11) is 0. The first kappa shape index (κ1) is 17.2. The molecular formula is C26H25NO. The van der Waals surface area contributed by atoms with Crippen molar-refractivity contribution in [3.8, 4) is 0 Å². The fourth-order valence-electron chi connectivity index (χ4n) is 3.92. The van der Waals surface area contributed by atoms with Crippen molar-refractivity contribution < 1.29 is 4.84 Å². The molecule has 0 heterocycles. The van der Waals surface area contributed by atoms with Gasteiger partial charge in [0.1, 0.15) is 12.3 Å². The average Bonchev–Trinajstić information content (AvgIpc) is 3.66. The van der Waals surface area contributed by atoms with Gasteiger partial charge in [0.05, 0.1) is 0 Å². The second-order valence-electron chi connectivity index (χ2n) is 7.92. The third kappa shape index (κ3) is 3.73. The first-order chi connectivity index (χ1) is 13.9. The summed E-state index contributed by atoms with van der Waals surface area (Å²) in [5.74, 6) is 1.34. The summed E-state index contributed by atoms with van der Waals surface area (Å²) < 4.78 is 0. The summed E-state index contributed by atoms with van der Waals surface area (Å²) in [5, 5.41) is 4.72. The van der Waals surface area contributed by atoms with Gasteiger partial charge >= 0.3 is 0 Å². The van der Waals surface area contributed by atoms with Crippen LogP contribution in [-0.4, -0.2) is 5.71 Å². The van der Waals surface area contributed by atoms with E-state index in [1.165, 1.54) is 47.9 Å². The quantitative estimate of drug-likeness (QED) is 0.349. The second kappa shape index (κ2) is 7.63. The van der Waals surface area contributed by atoms with Gasteiger partial charge in [-0.1, -0.05) is 84.0 Å². The molecule has 0 saturated heterocycles. The molecule has 2 heteroatoms. The van der Waals surface area contributed by atoms with E-state index in [0.717, 1.165) is 11.3 Å². The third-order valence-corrected chi connectivity index (χ3v) is 5.70. The van der Waals surface area contributed by atoms with E-state index in [9.17, 15) is 0 Å². The molecule has 0 atom stereocenters. The van der Waals surface area contributed by atoms with E-state index in [2.05, 4.69) is 60.7 Å². The second-order valence-corrected chi connectivity index (χ2v) is 7.92. The highest BCUT2D eigenvalue weighted by Crippen LogP contribution is 2.44. The Morgan fingerprint density at radius 3 is 1.71 bits per heavy atom. The lowest BCUT2D eigenvalue weighted by molar-refractivity contribution is 0.131. The molecule has 0 spiro atoms. The van der Waals surface area contributed by atoms with Crippen molar-refractivity contribution in [1.29, 1.82) is 0 Å². The first-order valence-corrected chi connectivity index (χ1v) is 10.3. The summed E-state index contributed by atoms with van der Waals surface area (Å²) in [5.41, 5.74) is 7.40. The van der Waals surface area contributed by atoms with Gasteiger partial charge in [-0.2, -0.15) is 0 Å². The maximum atomic E-state index is 5.89. The molecule has 0 aliphatic heterocycles. The van der Waals surface area contributed by atoms with Gasteiger partial charge in [-0.05, 0) is 54.2 Å². The number of rotatable bonds is 7. The molecule has 2 aliphatic carbocycles. The van der Waals surface area contributed by atoms with E-state index >= 15 is 0 Å². The van der Waals surface area contributed by atoms with Crippen LogP contribution in [0.5, 0.6) is 0 Å². The van der Waals surface area contributed by atoms with Crippen LogP contribution < -0.4 is 0 Å². The Morgan fingerprint density at radius 2 is 1.18 bits per heavy atom. The molecule has 3 aromatic rings. The Bertz CT molecular complexity index is 927. The largest absolute Gasteiger partial charge is 0.390 e. The Balaban J connectivity index is 1.54. The predicted octanol–water partition coefficient (Wildman–Crippen LogP) is 6.41. The van der Waals surface area contributed by atoms with Crippen molar-refractivity contribution in [3.63, 3.8) is 0 Å². The number of oxime groups is 1. The van der Waals surface area contributed by atoms with E-state index in [0.29, 0.717) is 18.4 Å². The zero-order chi connectivity index (χ0) is 18.8. The Morgan fingerprint density at radius 1 is 0.679 bits per heavy atom. The van der Waals surface area contributed by atoms with Crippen molar-refractivity contribution in [2.45, 2.75) is 44.1 Å². The summed E-state index contributed by atoms with van der Waals surface area (Å²) in [4.78, 5) is 5.89. The molecule has 0 N–H and O–H groups in total. The van der Waals surface area contributed by atoms with E-state index < -0.39 is 0 Å². The Labute approximate surface area is 166 Å². The van der Waals surface area contributed by atoms with Gasteiger partial charge in [-0.25, -0.2) is 0 Å². The minimum absolute atomic E-state index is 0.488. The smallest absolute Gasteiger partial charge is 0.142 e. The van der Waals surface area contributed by atoms with E-state index in [1.807, 2.05) is 18.2 Å². The van der Waals surface area contributed by atoms with Crippen LogP contribution in [0.3, 0.4) is 0 Å². The lowest BCUT2D eigenvalue weighted by Crippen LogP contribution is -2.10. The van der Waals surface area contributed by atoms with Crippen molar-refractivity contribution in [1.82, 2.24) is 0 Å². The molecular weight excluding hydrogens is 342 g/mol. The summed E-state index contributed by atoms with van der Waals surface area (Å²) in [6.45, 7) is 0.488. The van der Waals surface area contributed by atoms with Crippen molar-refractivity contribution in [2.24, 2.45) is 5.16 Å². The van der Waals surface area contributed by atoms with Gasteiger partial charge in [-0.3, -0.25) is 0 Å². The molecule has 0 amide bonds. The summed E-state index contributed by atoms with van der Waals surface area (Å²) in [6, 6.07) is 27.7. The molecule has 5 rings (SSSR count). The first-order valence-electron chi connectivity index (χ1n) is 10.3. The molecule has 2 fully saturated rings. The molecule has 2 saturated carbocycles. The summed E-state index contributed by atoms with van der Waals surface area (Å²) >= 11 is 0. The average molecular weight is 367 g/mol. The van der Waals surface area contributed by atoms with Crippen LogP contribution in [0.1, 0.15) is 65.3 Å². The number of nitrogens with zero attached hydrogens (tertiary/aromatic N) is 1. The highest BCUT2D eigenvalue weighted by molar-refractivity contribution is 6.14. The molecule has 0 radical (unpaired) electrons. The molecule has 140 valence electrons. The van der Waals surface area contributed by atoms with Crippen molar-refractivity contribution in [2.75, 3.05) is 0 Å². The molecule has 2 aliphatic rings.